The lowest BCUT2D eigenvalue weighted by molar-refractivity contribution is -0.131. The van der Waals surface area contributed by atoms with Gasteiger partial charge in [-0.25, -0.2) is 8.42 Å². The van der Waals surface area contributed by atoms with E-state index in [4.69, 9.17) is 0 Å². The molecule has 1 aliphatic heterocycles. The number of hydrogen-bond acceptors (Lipinski definition) is 4. The molecule has 0 N–H and O–H groups in total. The van der Waals surface area contributed by atoms with Gasteiger partial charge in [-0.15, -0.1) is 0 Å². The normalized spacial score (nSPS) is 19.3. The summed E-state index contributed by atoms with van der Waals surface area (Å²) in [7, 11) is -3.27. The third-order valence-electron chi connectivity index (χ3n) is 5.46. The van der Waals surface area contributed by atoms with Crippen LogP contribution in [0, 0.1) is 0 Å². The van der Waals surface area contributed by atoms with Gasteiger partial charge in [-0.3, -0.25) is 4.79 Å². The van der Waals surface area contributed by atoms with Gasteiger partial charge in [0.15, 0.2) is 0 Å². The first kappa shape index (κ1) is 19.2. The smallest absolute Gasteiger partial charge is 0.224 e. The lowest BCUT2D eigenvalue weighted by Gasteiger charge is -2.36. The minimum Gasteiger partial charge on any atom is -0.368 e. The molecule has 0 aromatic heterocycles. The summed E-state index contributed by atoms with van der Waals surface area (Å²) in [5, 5.41) is 0. The van der Waals surface area contributed by atoms with Crippen LogP contribution in [0.3, 0.4) is 0 Å². The quantitative estimate of drug-likeness (QED) is 0.758. The Labute approximate surface area is 156 Å². The maximum atomic E-state index is 12.6. The molecule has 26 heavy (non-hydrogen) atoms. The number of rotatable bonds is 6. The molecule has 1 heterocycles. The van der Waals surface area contributed by atoms with Crippen molar-refractivity contribution in [2.45, 2.75) is 38.1 Å². The van der Waals surface area contributed by atoms with Gasteiger partial charge in [-0.2, -0.15) is 4.31 Å². The Bertz CT molecular complexity index is 694. The number of amides is 1. The van der Waals surface area contributed by atoms with Crippen molar-refractivity contribution < 1.29 is 13.2 Å². The molecular weight excluding hydrogens is 350 g/mol. The summed E-state index contributed by atoms with van der Waals surface area (Å²) in [4.78, 5) is 16.7. The molecule has 3 rings (SSSR count). The lowest BCUT2D eigenvalue weighted by atomic mass is 10.2. The third kappa shape index (κ3) is 4.76. The molecule has 1 amide bonds. The zero-order valence-corrected chi connectivity index (χ0v) is 16.3. The van der Waals surface area contributed by atoms with Crippen molar-refractivity contribution in [1.29, 1.82) is 0 Å². The molecule has 1 aromatic rings. The van der Waals surface area contributed by atoms with Crippen LogP contribution in [0.4, 0.5) is 5.69 Å². The third-order valence-corrected chi connectivity index (χ3v) is 6.79. The molecule has 0 atom stereocenters. The van der Waals surface area contributed by atoms with E-state index in [0.29, 0.717) is 19.6 Å². The van der Waals surface area contributed by atoms with Crippen LogP contribution in [0.15, 0.2) is 30.3 Å². The molecule has 7 heteroatoms. The number of nitrogens with zero attached hydrogens (tertiary/aromatic N) is 3. The number of piperazine rings is 1. The highest BCUT2D eigenvalue weighted by Gasteiger charge is 2.30. The molecule has 0 radical (unpaired) electrons. The SMILES string of the molecule is CS(=O)(=O)N(CCC(=O)N1CCN(c2ccccc2)CC1)C1CCCC1. The fourth-order valence-corrected chi connectivity index (χ4v) is 5.20. The predicted octanol–water partition coefficient (Wildman–Crippen LogP) is 1.93. The Morgan fingerprint density at radius 1 is 1.08 bits per heavy atom. The molecule has 6 nitrogen and oxygen atoms in total. The second kappa shape index (κ2) is 8.39. The van der Waals surface area contributed by atoms with Gasteiger partial charge in [-0.1, -0.05) is 31.0 Å². The van der Waals surface area contributed by atoms with E-state index < -0.39 is 10.0 Å². The van der Waals surface area contributed by atoms with Gasteiger partial charge in [0.1, 0.15) is 0 Å². The topological polar surface area (TPSA) is 60.9 Å². The highest BCUT2D eigenvalue weighted by molar-refractivity contribution is 7.88. The van der Waals surface area contributed by atoms with Gasteiger partial charge in [0.25, 0.3) is 0 Å². The number of benzene rings is 1. The first-order valence-electron chi connectivity index (χ1n) is 9.50. The molecule has 1 saturated heterocycles. The van der Waals surface area contributed by atoms with E-state index in [1.165, 1.54) is 11.9 Å². The summed E-state index contributed by atoms with van der Waals surface area (Å²) in [6.07, 6.45) is 5.51. The summed E-state index contributed by atoms with van der Waals surface area (Å²) in [6.45, 7) is 3.32. The molecule has 0 bridgehead atoms. The molecule has 1 saturated carbocycles. The average Bonchev–Trinajstić information content (AvgIpc) is 3.15. The lowest BCUT2D eigenvalue weighted by Crippen LogP contribution is -2.49. The van der Waals surface area contributed by atoms with E-state index in [1.54, 1.807) is 4.31 Å². The Balaban J connectivity index is 1.50. The zero-order chi connectivity index (χ0) is 18.6. The van der Waals surface area contributed by atoms with Gasteiger partial charge < -0.3 is 9.80 Å². The van der Waals surface area contributed by atoms with Crippen molar-refractivity contribution in [2.75, 3.05) is 43.9 Å². The van der Waals surface area contributed by atoms with Crippen LogP contribution in [-0.4, -0.2) is 68.6 Å². The van der Waals surface area contributed by atoms with Crippen molar-refractivity contribution >= 4 is 21.6 Å². The Kier molecular flexibility index (Phi) is 6.19. The van der Waals surface area contributed by atoms with Crippen LogP contribution in [0.2, 0.25) is 0 Å². The average molecular weight is 380 g/mol. The first-order valence-corrected chi connectivity index (χ1v) is 11.3. The Hall–Kier alpha value is -1.60. The largest absolute Gasteiger partial charge is 0.368 e. The number of anilines is 1. The molecule has 1 aromatic carbocycles. The number of sulfonamides is 1. The monoisotopic (exact) mass is 379 g/mol. The van der Waals surface area contributed by atoms with Gasteiger partial charge in [-0.05, 0) is 25.0 Å². The van der Waals surface area contributed by atoms with Crippen LogP contribution in [-0.2, 0) is 14.8 Å². The summed E-state index contributed by atoms with van der Waals surface area (Å²) >= 11 is 0. The standard InChI is InChI=1S/C19H29N3O3S/c1-26(24,25)22(18-9-5-6-10-18)12-11-19(23)21-15-13-20(14-16-21)17-7-3-2-4-8-17/h2-4,7-8,18H,5-6,9-16H2,1H3. The molecule has 1 aliphatic carbocycles. The first-order chi connectivity index (χ1) is 12.4. The van der Waals surface area contributed by atoms with Crippen LogP contribution in [0.5, 0.6) is 0 Å². The summed E-state index contributed by atoms with van der Waals surface area (Å²) in [5.74, 6) is 0.0596. The number of carbonyl (C=O) groups is 1. The van der Waals surface area contributed by atoms with E-state index in [2.05, 4.69) is 17.0 Å². The second-order valence-electron chi connectivity index (χ2n) is 7.27. The number of hydrogen-bond donors (Lipinski definition) is 0. The fourth-order valence-electron chi connectivity index (χ4n) is 4.03. The van der Waals surface area contributed by atoms with Crippen LogP contribution in [0.1, 0.15) is 32.1 Å². The van der Waals surface area contributed by atoms with Crippen molar-refractivity contribution in [3.63, 3.8) is 0 Å². The maximum absolute atomic E-state index is 12.6. The fraction of sp³-hybridized carbons (Fsp3) is 0.632. The minimum absolute atomic E-state index is 0.0596. The Morgan fingerprint density at radius 3 is 2.27 bits per heavy atom. The van der Waals surface area contributed by atoms with Gasteiger partial charge in [0.05, 0.1) is 6.26 Å². The van der Waals surface area contributed by atoms with Crippen molar-refractivity contribution in [3.8, 4) is 0 Å². The second-order valence-corrected chi connectivity index (χ2v) is 9.20. The molecule has 0 spiro atoms. The van der Waals surface area contributed by atoms with Crippen LogP contribution >= 0.6 is 0 Å². The van der Waals surface area contributed by atoms with E-state index in [9.17, 15) is 13.2 Å². The minimum atomic E-state index is -3.27. The summed E-state index contributed by atoms with van der Waals surface area (Å²) in [5.41, 5.74) is 1.18. The predicted molar refractivity (Wildman–Crippen MR) is 104 cm³/mol. The number of para-hydroxylation sites is 1. The van der Waals surface area contributed by atoms with E-state index in [1.807, 2.05) is 23.1 Å². The zero-order valence-electron chi connectivity index (χ0n) is 15.5. The van der Waals surface area contributed by atoms with E-state index in [-0.39, 0.29) is 18.4 Å². The molecule has 144 valence electrons. The van der Waals surface area contributed by atoms with E-state index >= 15 is 0 Å². The van der Waals surface area contributed by atoms with Gasteiger partial charge >= 0.3 is 0 Å². The van der Waals surface area contributed by atoms with Crippen molar-refractivity contribution in [1.82, 2.24) is 9.21 Å². The van der Waals surface area contributed by atoms with E-state index in [0.717, 1.165) is 38.8 Å². The molecular formula is C19H29N3O3S. The van der Waals surface area contributed by atoms with Gasteiger partial charge in [0.2, 0.25) is 15.9 Å². The highest BCUT2D eigenvalue weighted by atomic mass is 32.2. The highest BCUT2D eigenvalue weighted by Crippen LogP contribution is 2.25. The Morgan fingerprint density at radius 2 is 1.69 bits per heavy atom. The summed E-state index contributed by atoms with van der Waals surface area (Å²) < 4.78 is 25.8. The maximum Gasteiger partial charge on any atom is 0.224 e. The van der Waals surface area contributed by atoms with Crippen LogP contribution in [0.25, 0.3) is 0 Å². The van der Waals surface area contributed by atoms with Crippen LogP contribution < -0.4 is 4.90 Å². The number of carbonyl (C=O) groups excluding carboxylic acids is 1. The summed E-state index contributed by atoms with van der Waals surface area (Å²) in [6, 6.07) is 10.3. The van der Waals surface area contributed by atoms with Crippen molar-refractivity contribution in [3.05, 3.63) is 30.3 Å². The molecule has 0 unspecified atom stereocenters. The van der Waals surface area contributed by atoms with Gasteiger partial charge in [0, 0.05) is 50.9 Å². The molecule has 2 aliphatic rings. The van der Waals surface area contributed by atoms with Crippen molar-refractivity contribution in [2.24, 2.45) is 0 Å². The molecule has 2 fully saturated rings.